The first-order valence-electron chi connectivity index (χ1n) is 9.13. The van der Waals surface area contributed by atoms with Gasteiger partial charge < -0.3 is 4.90 Å². The van der Waals surface area contributed by atoms with Crippen LogP contribution >= 0.6 is 0 Å². The van der Waals surface area contributed by atoms with Crippen LogP contribution in [-0.4, -0.2) is 20.9 Å². The predicted octanol–water partition coefficient (Wildman–Crippen LogP) is 3.27. The van der Waals surface area contributed by atoms with Crippen molar-refractivity contribution in [2.75, 3.05) is 11.4 Å². The smallest absolute Gasteiger partial charge is 0.227 e. The van der Waals surface area contributed by atoms with Gasteiger partial charge in [-0.25, -0.2) is 21.9 Å². The van der Waals surface area contributed by atoms with Gasteiger partial charge in [0.25, 0.3) is 0 Å². The molecule has 0 spiro atoms. The number of sulfonamides is 1. The number of amides is 1. The largest absolute Gasteiger partial charge is 0.312 e. The van der Waals surface area contributed by atoms with Crippen molar-refractivity contribution in [2.24, 2.45) is 0 Å². The fourth-order valence-corrected chi connectivity index (χ4v) is 4.44. The van der Waals surface area contributed by atoms with E-state index in [1.807, 2.05) is 19.1 Å². The van der Waals surface area contributed by atoms with Gasteiger partial charge in [-0.2, -0.15) is 0 Å². The molecule has 1 aliphatic rings. The molecule has 150 valence electrons. The van der Waals surface area contributed by atoms with Crippen LogP contribution in [0.5, 0.6) is 0 Å². The number of benzene rings is 2. The Morgan fingerprint density at radius 2 is 1.82 bits per heavy atom. The number of fused-ring (bicyclic) bond motifs is 1. The lowest BCUT2D eigenvalue weighted by atomic mass is 9.98. The maximum absolute atomic E-state index is 13.7. The lowest BCUT2D eigenvalue weighted by molar-refractivity contribution is -0.118. The quantitative estimate of drug-likeness (QED) is 0.765. The molecule has 5 nitrogen and oxygen atoms in total. The van der Waals surface area contributed by atoms with Gasteiger partial charge in [0.2, 0.25) is 15.9 Å². The Labute approximate surface area is 163 Å². The van der Waals surface area contributed by atoms with Crippen molar-refractivity contribution in [1.29, 1.82) is 0 Å². The van der Waals surface area contributed by atoms with Crippen molar-refractivity contribution in [3.05, 3.63) is 64.7 Å². The van der Waals surface area contributed by atoms with Gasteiger partial charge in [-0.3, -0.25) is 4.79 Å². The van der Waals surface area contributed by atoms with E-state index in [1.54, 1.807) is 11.0 Å². The molecule has 1 amide bonds. The molecular weight excluding hydrogens is 386 g/mol. The van der Waals surface area contributed by atoms with Crippen LogP contribution in [0, 0.1) is 11.6 Å². The molecule has 0 aromatic heterocycles. The van der Waals surface area contributed by atoms with Crippen LogP contribution in [0.15, 0.2) is 36.4 Å². The molecule has 0 saturated carbocycles. The minimum atomic E-state index is -3.92. The van der Waals surface area contributed by atoms with E-state index in [0.29, 0.717) is 19.4 Å². The number of anilines is 1. The van der Waals surface area contributed by atoms with E-state index in [2.05, 4.69) is 4.72 Å². The Morgan fingerprint density at radius 1 is 1.11 bits per heavy atom. The molecule has 1 aliphatic heterocycles. The van der Waals surface area contributed by atoms with Crippen molar-refractivity contribution in [2.45, 2.75) is 38.5 Å². The van der Waals surface area contributed by atoms with E-state index in [4.69, 9.17) is 0 Å². The summed E-state index contributed by atoms with van der Waals surface area (Å²) in [6.07, 6.45) is 1.88. The number of carbonyl (C=O) groups excluding carboxylic acids is 1. The summed E-state index contributed by atoms with van der Waals surface area (Å²) in [4.78, 5) is 13.8. The van der Waals surface area contributed by atoms with Crippen LogP contribution in [0.4, 0.5) is 14.5 Å². The van der Waals surface area contributed by atoms with Crippen molar-refractivity contribution in [3.63, 3.8) is 0 Å². The number of hydrogen-bond acceptors (Lipinski definition) is 3. The number of nitrogens with one attached hydrogen (secondary N) is 1. The van der Waals surface area contributed by atoms with Crippen LogP contribution < -0.4 is 9.62 Å². The maximum Gasteiger partial charge on any atom is 0.227 e. The van der Waals surface area contributed by atoms with E-state index in [9.17, 15) is 22.0 Å². The molecule has 3 rings (SSSR count). The lowest BCUT2D eigenvalue weighted by Gasteiger charge is -2.29. The van der Waals surface area contributed by atoms with Gasteiger partial charge in [-0.1, -0.05) is 25.1 Å². The molecule has 0 bridgehead atoms. The second-order valence-electron chi connectivity index (χ2n) is 6.79. The number of hydrogen-bond donors (Lipinski definition) is 1. The highest BCUT2D eigenvalue weighted by Gasteiger charge is 2.24. The molecule has 0 aliphatic carbocycles. The highest BCUT2D eigenvalue weighted by molar-refractivity contribution is 7.88. The summed E-state index contributed by atoms with van der Waals surface area (Å²) in [5.41, 5.74) is 2.10. The van der Waals surface area contributed by atoms with Crippen molar-refractivity contribution in [1.82, 2.24) is 4.72 Å². The van der Waals surface area contributed by atoms with Gasteiger partial charge in [0.15, 0.2) is 0 Å². The van der Waals surface area contributed by atoms with Gasteiger partial charge in [-0.15, -0.1) is 0 Å². The zero-order valence-electron chi connectivity index (χ0n) is 15.5. The number of carbonyl (C=O) groups is 1. The summed E-state index contributed by atoms with van der Waals surface area (Å²) in [6.45, 7) is 2.66. The lowest BCUT2D eigenvalue weighted by Crippen LogP contribution is -2.35. The molecule has 1 heterocycles. The zero-order valence-corrected chi connectivity index (χ0v) is 16.4. The Kier molecular flexibility index (Phi) is 6.10. The van der Waals surface area contributed by atoms with Gasteiger partial charge in [0, 0.05) is 30.8 Å². The minimum absolute atomic E-state index is 0.00735. The molecule has 0 radical (unpaired) electrons. The Hall–Kier alpha value is -2.32. The molecule has 0 fully saturated rings. The average Bonchev–Trinajstić information content (AvgIpc) is 2.66. The molecule has 0 saturated heterocycles. The van der Waals surface area contributed by atoms with Crippen molar-refractivity contribution < 1.29 is 22.0 Å². The predicted molar refractivity (Wildman–Crippen MR) is 103 cm³/mol. The van der Waals surface area contributed by atoms with Crippen LogP contribution in [0.2, 0.25) is 0 Å². The molecular formula is C20H22F2N2O3S. The maximum atomic E-state index is 13.7. The summed E-state index contributed by atoms with van der Waals surface area (Å²) in [6, 6.07) is 8.70. The fraction of sp³-hybridized carbons (Fsp3) is 0.350. The zero-order chi connectivity index (χ0) is 20.3. The molecule has 0 atom stereocenters. The average molecular weight is 408 g/mol. The minimum Gasteiger partial charge on any atom is -0.312 e. The highest BCUT2D eigenvalue weighted by atomic mass is 32.2. The third-order valence-corrected chi connectivity index (χ3v) is 5.94. The van der Waals surface area contributed by atoms with Crippen LogP contribution in [0.25, 0.3) is 0 Å². The topological polar surface area (TPSA) is 66.5 Å². The molecule has 8 heteroatoms. The SMILES string of the molecule is CCCN1C(=O)CCc2cc(CNS(=O)(=O)Cc3c(F)cccc3F)ccc21. The second-order valence-corrected chi connectivity index (χ2v) is 8.60. The summed E-state index contributed by atoms with van der Waals surface area (Å²) in [5.74, 6) is -2.45. The second kappa shape index (κ2) is 8.36. The first kappa shape index (κ1) is 20.4. The summed E-state index contributed by atoms with van der Waals surface area (Å²) in [7, 11) is -3.92. The first-order valence-corrected chi connectivity index (χ1v) is 10.8. The standard InChI is InChI=1S/C20H22F2N2O3S/c1-2-10-24-19-8-6-14(11-15(19)7-9-20(24)25)12-23-28(26,27)13-16-17(21)4-3-5-18(16)22/h3-6,8,11,23H,2,7,9-10,12-13H2,1H3. The van der Waals surface area contributed by atoms with Crippen LogP contribution in [0.1, 0.15) is 36.5 Å². The van der Waals surface area contributed by atoms with E-state index in [-0.39, 0.29) is 12.5 Å². The Morgan fingerprint density at radius 3 is 2.50 bits per heavy atom. The van der Waals surface area contributed by atoms with E-state index < -0.39 is 33.0 Å². The van der Waals surface area contributed by atoms with Crippen LogP contribution in [-0.2, 0) is 33.5 Å². The van der Waals surface area contributed by atoms with Gasteiger partial charge in [0.05, 0.1) is 5.75 Å². The molecule has 2 aromatic carbocycles. The molecule has 0 unspecified atom stereocenters. The summed E-state index contributed by atoms with van der Waals surface area (Å²) < 4.78 is 54.3. The summed E-state index contributed by atoms with van der Waals surface area (Å²) in [5, 5.41) is 0. The molecule has 2 aromatic rings. The Balaban J connectivity index is 1.72. The fourth-order valence-electron chi connectivity index (χ4n) is 3.30. The molecule has 28 heavy (non-hydrogen) atoms. The number of rotatable bonds is 7. The van der Waals surface area contributed by atoms with Crippen molar-refractivity contribution in [3.8, 4) is 0 Å². The van der Waals surface area contributed by atoms with Crippen molar-refractivity contribution >= 4 is 21.6 Å². The number of halogens is 2. The summed E-state index contributed by atoms with van der Waals surface area (Å²) >= 11 is 0. The Bertz CT molecular complexity index is 973. The number of nitrogens with zero attached hydrogens (tertiary/aromatic N) is 1. The monoisotopic (exact) mass is 408 g/mol. The van der Waals surface area contributed by atoms with Gasteiger partial charge in [0.1, 0.15) is 11.6 Å². The van der Waals surface area contributed by atoms with E-state index >= 15 is 0 Å². The first-order chi connectivity index (χ1) is 13.3. The number of aryl methyl sites for hydroxylation is 1. The molecule has 1 N–H and O–H groups in total. The van der Waals surface area contributed by atoms with E-state index in [0.717, 1.165) is 35.4 Å². The third kappa shape index (κ3) is 4.56. The normalized spacial score (nSPS) is 14.2. The highest BCUT2D eigenvalue weighted by Crippen LogP contribution is 2.29. The third-order valence-electron chi connectivity index (χ3n) is 4.68. The van der Waals surface area contributed by atoms with E-state index in [1.165, 1.54) is 6.07 Å². The van der Waals surface area contributed by atoms with Gasteiger partial charge >= 0.3 is 0 Å². The van der Waals surface area contributed by atoms with Crippen LogP contribution in [0.3, 0.4) is 0 Å². The van der Waals surface area contributed by atoms with Gasteiger partial charge in [-0.05, 0) is 42.2 Å².